The van der Waals surface area contributed by atoms with Crippen LogP contribution < -0.4 is 4.74 Å². The minimum absolute atomic E-state index is 0.0810. The van der Waals surface area contributed by atoms with Gasteiger partial charge in [-0.1, -0.05) is 42.5 Å². The van der Waals surface area contributed by atoms with Crippen molar-refractivity contribution in [3.05, 3.63) is 71.8 Å². The van der Waals surface area contributed by atoms with Crippen LogP contribution in [0.5, 0.6) is 5.75 Å². The number of carbonyl (C=O) groups is 1. The Kier molecular flexibility index (Phi) is 6.76. The summed E-state index contributed by atoms with van der Waals surface area (Å²) in [5.74, 6) is 0.121. The van der Waals surface area contributed by atoms with Crippen molar-refractivity contribution in [2.45, 2.75) is 25.6 Å². The largest absolute Gasteiger partial charge is 0.435 e. The zero-order valence-electron chi connectivity index (χ0n) is 15.4. The third-order valence-electron chi connectivity index (χ3n) is 4.96. The number of hydrogen-bond acceptors (Lipinski definition) is 3. The molecule has 1 saturated heterocycles. The smallest absolute Gasteiger partial charge is 0.387 e. The number of rotatable bonds is 6. The maximum atomic E-state index is 12.4. The van der Waals surface area contributed by atoms with Crippen LogP contribution in [0.2, 0.25) is 0 Å². The molecule has 1 amide bonds. The Labute approximate surface area is 163 Å². The van der Waals surface area contributed by atoms with Crippen LogP contribution in [0.25, 0.3) is 6.08 Å². The van der Waals surface area contributed by atoms with E-state index >= 15 is 0 Å². The first-order valence-corrected chi connectivity index (χ1v) is 9.28. The number of halogens is 2. The predicted molar refractivity (Wildman–Crippen MR) is 103 cm³/mol. The highest BCUT2D eigenvalue weighted by molar-refractivity contribution is 5.91. The number of alkyl halides is 2. The van der Waals surface area contributed by atoms with Gasteiger partial charge in [0, 0.05) is 19.2 Å². The van der Waals surface area contributed by atoms with Gasteiger partial charge in [-0.05, 0) is 48.1 Å². The van der Waals surface area contributed by atoms with E-state index in [1.807, 2.05) is 30.3 Å². The van der Waals surface area contributed by atoms with Gasteiger partial charge in [-0.15, -0.1) is 0 Å². The van der Waals surface area contributed by atoms with E-state index in [9.17, 15) is 18.7 Å². The van der Waals surface area contributed by atoms with Gasteiger partial charge in [0.25, 0.3) is 0 Å². The van der Waals surface area contributed by atoms with E-state index in [1.165, 1.54) is 18.2 Å². The summed E-state index contributed by atoms with van der Waals surface area (Å²) in [6.07, 6.45) is 4.11. The van der Waals surface area contributed by atoms with Crippen LogP contribution >= 0.6 is 0 Å². The van der Waals surface area contributed by atoms with Gasteiger partial charge in [0.1, 0.15) is 5.75 Å². The Hall–Kier alpha value is -2.73. The molecule has 2 aromatic rings. The average molecular weight is 387 g/mol. The van der Waals surface area contributed by atoms with Crippen molar-refractivity contribution in [2.24, 2.45) is 5.92 Å². The summed E-state index contributed by atoms with van der Waals surface area (Å²) in [4.78, 5) is 14.1. The molecule has 1 aliphatic heterocycles. The molecule has 0 aromatic heterocycles. The summed E-state index contributed by atoms with van der Waals surface area (Å²) < 4.78 is 28.6. The first kappa shape index (κ1) is 20.0. The molecule has 6 heteroatoms. The van der Waals surface area contributed by atoms with Gasteiger partial charge in [0.05, 0.1) is 6.10 Å². The molecule has 0 bridgehead atoms. The quantitative estimate of drug-likeness (QED) is 0.753. The fraction of sp³-hybridized carbons (Fsp3) is 0.318. The number of benzene rings is 2. The van der Waals surface area contributed by atoms with E-state index < -0.39 is 12.7 Å². The van der Waals surface area contributed by atoms with E-state index in [0.29, 0.717) is 13.1 Å². The van der Waals surface area contributed by atoms with Gasteiger partial charge in [-0.25, -0.2) is 0 Å². The predicted octanol–water partition coefficient (Wildman–Crippen LogP) is 4.27. The van der Waals surface area contributed by atoms with E-state index in [4.69, 9.17) is 0 Å². The lowest BCUT2D eigenvalue weighted by molar-refractivity contribution is -0.127. The van der Waals surface area contributed by atoms with Crippen molar-refractivity contribution in [2.75, 3.05) is 13.1 Å². The summed E-state index contributed by atoms with van der Waals surface area (Å²) >= 11 is 0. The molecule has 28 heavy (non-hydrogen) atoms. The van der Waals surface area contributed by atoms with Crippen LogP contribution in [0, 0.1) is 5.92 Å². The molecular formula is C22H23F2NO3. The molecule has 0 saturated carbocycles. The molecular weight excluding hydrogens is 364 g/mol. The van der Waals surface area contributed by atoms with Crippen molar-refractivity contribution >= 4 is 12.0 Å². The van der Waals surface area contributed by atoms with Crippen molar-refractivity contribution in [3.8, 4) is 5.75 Å². The second kappa shape index (κ2) is 9.46. The van der Waals surface area contributed by atoms with Gasteiger partial charge in [-0.3, -0.25) is 4.79 Å². The Bertz CT molecular complexity index is 785. The minimum Gasteiger partial charge on any atom is -0.435 e. The first-order valence-electron chi connectivity index (χ1n) is 9.28. The van der Waals surface area contributed by atoms with E-state index in [1.54, 1.807) is 23.1 Å². The fourth-order valence-electron chi connectivity index (χ4n) is 3.39. The molecule has 3 rings (SSSR count). The normalized spacial score (nSPS) is 16.5. The SMILES string of the molecule is O=C(/C=C/c1ccc(OC(F)F)cc1)N1CCC(C(O)c2ccccc2)CC1. The topological polar surface area (TPSA) is 49.8 Å². The van der Waals surface area contributed by atoms with Crippen LogP contribution in [0.15, 0.2) is 60.7 Å². The van der Waals surface area contributed by atoms with Gasteiger partial charge in [0.15, 0.2) is 0 Å². The Morgan fingerprint density at radius 3 is 2.32 bits per heavy atom. The first-order chi connectivity index (χ1) is 13.5. The Balaban J connectivity index is 1.50. The molecule has 0 aliphatic carbocycles. The molecule has 2 aromatic carbocycles. The van der Waals surface area contributed by atoms with Crippen LogP contribution in [0.4, 0.5) is 8.78 Å². The Morgan fingerprint density at radius 2 is 1.71 bits per heavy atom. The number of likely N-dealkylation sites (tertiary alicyclic amines) is 1. The lowest BCUT2D eigenvalue weighted by atomic mass is 9.87. The van der Waals surface area contributed by atoms with Gasteiger partial charge >= 0.3 is 6.61 Å². The summed E-state index contributed by atoms with van der Waals surface area (Å²) in [6, 6.07) is 15.7. The minimum atomic E-state index is -2.86. The van der Waals surface area contributed by atoms with Crippen LogP contribution in [0.1, 0.15) is 30.1 Å². The zero-order valence-corrected chi connectivity index (χ0v) is 15.4. The van der Waals surface area contributed by atoms with Crippen molar-refractivity contribution in [1.29, 1.82) is 0 Å². The monoisotopic (exact) mass is 387 g/mol. The standard InChI is InChI=1S/C22H23F2NO3/c23-22(24)28-19-9-6-16(7-10-19)8-11-20(26)25-14-12-18(13-15-25)21(27)17-4-2-1-3-5-17/h1-11,18,21-22,27H,12-15H2/b11-8+. The molecule has 0 radical (unpaired) electrons. The number of piperidine rings is 1. The molecule has 1 atom stereocenters. The molecule has 0 spiro atoms. The third kappa shape index (κ3) is 5.39. The van der Waals surface area contributed by atoms with Crippen molar-refractivity contribution in [3.63, 3.8) is 0 Å². The van der Waals surface area contributed by atoms with Crippen LogP contribution in [0.3, 0.4) is 0 Å². The van der Waals surface area contributed by atoms with E-state index in [0.717, 1.165) is 24.0 Å². The molecule has 1 heterocycles. The number of ether oxygens (including phenoxy) is 1. The molecule has 1 N–H and O–H groups in total. The number of carbonyl (C=O) groups excluding carboxylic acids is 1. The second-order valence-corrected chi connectivity index (χ2v) is 6.80. The zero-order chi connectivity index (χ0) is 19.9. The molecule has 1 aliphatic rings. The highest BCUT2D eigenvalue weighted by atomic mass is 19.3. The van der Waals surface area contributed by atoms with Crippen molar-refractivity contribution < 1.29 is 23.4 Å². The summed E-state index contributed by atoms with van der Waals surface area (Å²) in [6.45, 7) is -1.66. The number of hydrogen-bond donors (Lipinski definition) is 1. The fourth-order valence-corrected chi connectivity index (χ4v) is 3.39. The average Bonchev–Trinajstić information content (AvgIpc) is 2.73. The number of nitrogens with zero attached hydrogens (tertiary/aromatic N) is 1. The highest BCUT2D eigenvalue weighted by Crippen LogP contribution is 2.30. The van der Waals surface area contributed by atoms with Crippen LogP contribution in [-0.2, 0) is 4.79 Å². The molecule has 1 unspecified atom stereocenters. The van der Waals surface area contributed by atoms with Gasteiger partial charge in [-0.2, -0.15) is 8.78 Å². The molecule has 1 fully saturated rings. The lowest BCUT2D eigenvalue weighted by Crippen LogP contribution is -2.38. The van der Waals surface area contributed by atoms with Crippen LogP contribution in [-0.4, -0.2) is 35.6 Å². The van der Waals surface area contributed by atoms with Crippen molar-refractivity contribution in [1.82, 2.24) is 4.90 Å². The number of amides is 1. The second-order valence-electron chi connectivity index (χ2n) is 6.80. The maximum absolute atomic E-state index is 12.4. The molecule has 148 valence electrons. The summed E-state index contributed by atoms with van der Waals surface area (Å²) in [5, 5.41) is 10.5. The highest BCUT2D eigenvalue weighted by Gasteiger charge is 2.27. The van der Waals surface area contributed by atoms with E-state index in [2.05, 4.69) is 4.74 Å². The number of aliphatic hydroxyl groups is 1. The maximum Gasteiger partial charge on any atom is 0.387 e. The summed E-state index contributed by atoms with van der Waals surface area (Å²) in [5.41, 5.74) is 1.63. The van der Waals surface area contributed by atoms with Gasteiger partial charge < -0.3 is 14.7 Å². The lowest BCUT2D eigenvalue weighted by Gasteiger charge is -2.33. The third-order valence-corrected chi connectivity index (χ3v) is 4.96. The van der Waals surface area contributed by atoms with E-state index in [-0.39, 0.29) is 17.6 Å². The van der Waals surface area contributed by atoms with Gasteiger partial charge in [0.2, 0.25) is 5.91 Å². The molecule has 4 nitrogen and oxygen atoms in total. The number of aliphatic hydroxyl groups excluding tert-OH is 1. The summed E-state index contributed by atoms with van der Waals surface area (Å²) in [7, 11) is 0. The Morgan fingerprint density at radius 1 is 1.07 bits per heavy atom.